The highest BCUT2D eigenvalue weighted by molar-refractivity contribution is 7.13. The molecule has 1 aromatic rings. The Morgan fingerprint density at radius 2 is 2.16 bits per heavy atom. The van der Waals surface area contributed by atoms with Gasteiger partial charge in [-0.15, -0.1) is 11.3 Å². The van der Waals surface area contributed by atoms with Gasteiger partial charge in [0.1, 0.15) is 9.88 Å². The van der Waals surface area contributed by atoms with E-state index in [1.807, 2.05) is 13.8 Å². The lowest BCUT2D eigenvalue weighted by Gasteiger charge is -2.17. The molecular weight excluding hydrogens is 266 g/mol. The molecule has 4 N–H and O–H groups in total. The normalized spacial score (nSPS) is 13.9. The van der Waals surface area contributed by atoms with E-state index in [4.69, 9.17) is 10.8 Å². The second kappa shape index (κ2) is 6.63. The fourth-order valence-electron chi connectivity index (χ4n) is 1.52. The van der Waals surface area contributed by atoms with E-state index in [1.165, 1.54) is 0 Å². The molecule has 1 heterocycles. The number of carboxylic acids is 1. The Labute approximate surface area is 116 Å². The summed E-state index contributed by atoms with van der Waals surface area (Å²) in [5.74, 6) is -1.13. The van der Waals surface area contributed by atoms with Crippen molar-refractivity contribution in [2.24, 2.45) is 11.7 Å². The number of hydrogen-bond donors (Lipinski definition) is 3. The third-order valence-corrected chi connectivity index (χ3v) is 4.15. The first-order valence-corrected chi connectivity index (χ1v) is 6.91. The van der Waals surface area contributed by atoms with Crippen LogP contribution in [0.5, 0.6) is 0 Å². The van der Waals surface area contributed by atoms with Crippen LogP contribution in [-0.4, -0.2) is 28.0 Å². The van der Waals surface area contributed by atoms with Gasteiger partial charge in [0, 0.05) is 0 Å². The highest BCUT2D eigenvalue weighted by Crippen LogP contribution is 2.17. The molecule has 0 radical (unpaired) electrons. The number of carbonyl (C=O) groups excluding carboxylic acids is 1. The summed E-state index contributed by atoms with van der Waals surface area (Å²) >= 11 is 1.07. The van der Waals surface area contributed by atoms with Gasteiger partial charge in [0.25, 0.3) is 0 Å². The lowest BCUT2D eigenvalue weighted by atomic mass is 9.99. The zero-order valence-corrected chi connectivity index (χ0v) is 12.1. The minimum atomic E-state index is -0.996. The maximum atomic E-state index is 11.8. The molecule has 1 rings (SSSR count). The topological polar surface area (TPSA) is 105 Å². The molecule has 0 aliphatic heterocycles. The molecule has 0 aromatic carbocycles. The van der Waals surface area contributed by atoms with Gasteiger partial charge in [-0.1, -0.05) is 20.3 Å². The molecule has 6 nitrogen and oxygen atoms in total. The zero-order valence-electron chi connectivity index (χ0n) is 11.3. The summed E-state index contributed by atoms with van der Waals surface area (Å²) in [4.78, 5) is 27.0. The van der Waals surface area contributed by atoms with Crippen LogP contribution >= 0.6 is 11.3 Å². The van der Waals surface area contributed by atoms with Gasteiger partial charge < -0.3 is 16.2 Å². The summed E-state index contributed by atoms with van der Waals surface area (Å²) in [7, 11) is 0. The number of nitrogens with zero attached hydrogens (tertiary/aromatic N) is 1. The zero-order chi connectivity index (χ0) is 14.6. The highest BCUT2D eigenvalue weighted by Gasteiger charge is 2.20. The van der Waals surface area contributed by atoms with Gasteiger partial charge in [-0.2, -0.15) is 0 Å². The van der Waals surface area contributed by atoms with E-state index < -0.39 is 12.0 Å². The standard InChI is InChI=1S/C12H19N3O3S/c1-4-6(2)9(13)11(16)14-5-8-15-7(3)10(19-8)12(17)18/h6,9H,4-5,13H2,1-3H3,(H,14,16)(H,17,18)/t6-,9-/m0/s1. The van der Waals surface area contributed by atoms with E-state index in [-0.39, 0.29) is 23.2 Å². The Balaban J connectivity index is 2.60. The summed E-state index contributed by atoms with van der Waals surface area (Å²) < 4.78 is 0. The molecule has 7 heteroatoms. The van der Waals surface area contributed by atoms with E-state index in [2.05, 4.69) is 10.3 Å². The Morgan fingerprint density at radius 1 is 1.53 bits per heavy atom. The van der Waals surface area contributed by atoms with E-state index in [0.717, 1.165) is 17.8 Å². The predicted molar refractivity (Wildman–Crippen MR) is 73.1 cm³/mol. The monoisotopic (exact) mass is 285 g/mol. The van der Waals surface area contributed by atoms with Gasteiger partial charge in [-0.05, 0) is 12.8 Å². The fraction of sp³-hybridized carbons (Fsp3) is 0.583. The maximum absolute atomic E-state index is 11.8. The van der Waals surface area contributed by atoms with Crippen LogP contribution in [0.2, 0.25) is 0 Å². The summed E-state index contributed by atoms with van der Waals surface area (Å²) in [6.07, 6.45) is 0.827. The summed E-state index contributed by atoms with van der Waals surface area (Å²) in [6.45, 7) is 5.74. The van der Waals surface area contributed by atoms with Crippen molar-refractivity contribution in [1.82, 2.24) is 10.3 Å². The molecular formula is C12H19N3O3S. The Kier molecular flexibility index (Phi) is 5.44. The van der Waals surface area contributed by atoms with Crippen molar-refractivity contribution in [3.05, 3.63) is 15.6 Å². The van der Waals surface area contributed by atoms with Crippen molar-refractivity contribution < 1.29 is 14.7 Å². The summed E-state index contributed by atoms with van der Waals surface area (Å²) in [6, 6.07) is -0.551. The maximum Gasteiger partial charge on any atom is 0.347 e. The molecule has 0 saturated carbocycles. The van der Waals surface area contributed by atoms with Gasteiger partial charge in [-0.25, -0.2) is 9.78 Å². The van der Waals surface area contributed by atoms with Crippen molar-refractivity contribution in [2.75, 3.05) is 0 Å². The van der Waals surface area contributed by atoms with Crippen molar-refractivity contribution in [1.29, 1.82) is 0 Å². The van der Waals surface area contributed by atoms with Crippen molar-refractivity contribution in [3.63, 3.8) is 0 Å². The predicted octanol–water partition coefficient (Wildman–Crippen LogP) is 1.14. The molecule has 0 bridgehead atoms. The largest absolute Gasteiger partial charge is 0.477 e. The number of aromatic nitrogens is 1. The Bertz CT molecular complexity index is 473. The number of thiazole rings is 1. The van der Waals surface area contributed by atoms with E-state index in [9.17, 15) is 9.59 Å². The van der Waals surface area contributed by atoms with Crippen LogP contribution in [0.3, 0.4) is 0 Å². The van der Waals surface area contributed by atoms with Crippen LogP contribution in [0.4, 0.5) is 0 Å². The number of carbonyl (C=O) groups is 2. The van der Waals surface area contributed by atoms with Crippen LogP contribution in [-0.2, 0) is 11.3 Å². The van der Waals surface area contributed by atoms with Gasteiger partial charge in [0.05, 0.1) is 18.3 Å². The Hall–Kier alpha value is -1.47. The second-order valence-electron chi connectivity index (χ2n) is 4.46. The van der Waals surface area contributed by atoms with E-state index in [0.29, 0.717) is 10.7 Å². The van der Waals surface area contributed by atoms with Crippen LogP contribution in [0.25, 0.3) is 0 Å². The number of carboxylic acid groups (broad SMARTS) is 1. The first-order valence-electron chi connectivity index (χ1n) is 6.09. The SMILES string of the molecule is CC[C@H](C)[C@H](N)C(=O)NCc1nc(C)c(C(=O)O)s1. The molecule has 0 saturated heterocycles. The number of aryl methyl sites for hydroxylation is 1. The molecule has 1 aromatic heterocycles. The quantitative estimate of drug-likeness (QED) is 0.727. The summed E-state index contributed by atoms with van der Waals surface area (Å²) in [5, 5.41) is 12.2. The summed E-state index contributed by atoms with van der Waals surface area (Å²) in [5.41, 5.74) is 6.26. The number of amides is 1. The third-order valence-electron chi connectivity index (χ3n) is 3.01. The minimum absolute atomic E-state index is 0.104. The highest BCUT2D eigenvalue weighted by atomic mass is 32.1. The number of nitrogens with one attached hydrogen (secondary N) is 1. The molecule has 19 heavy (non-hydrogen) atoms. The number of hydrogen-bond acceptors (Lipinski definition) is 5. The first-order chi connectivity index (χ1) is 8.86. The molecule has 1 amide bonds. The van der Waals surface area contributed by atoms with Crippen LogP contribution < -0.4 is 11.1 Å². The number of nitrogens with two attached hydrogens (primary N) is 1. The average Bonchev–Trinajstić information content (AvgIpc) is 2.75. The van der Waals surface area contributed by atoms with Crippen LogP contribution in [0.1, 0.15) is 40.6 Å². The lowest BCUT2D eigenvalue weighted by Crippen LogP contribution is -2.44. The first kappa shape index (κ1) is 15.6. The smallest absolute Gasteiger partial charge is 0.347 e. The van der Waals surface area contributed by atoms with E-state index in [1.54, 1.807) is 6.92 Å². The molecule has 0 fully saturated rings. The van der Waals surface area contributed by atoms with Crippen molar-refractivity contribution in [3.8, 4) is 0 Å². The van der Waals surface area contributed by atoms with Crippen LogP contribution in [0, 0.1) is 12.8 Å². The molecule has 0 spiro atoms. The molecule has 2 atom stereocenters. The lowest BCUT2D eigenvalue weighted by molar-refractivity contribution is -0.123. The molecule has 0 aliphatic carbocycles. The van der Waals surface area contributed by atoms with Crippen molar-refractivity contribution >= 4 is 23.2 Å². The van der Waals surface area contributed by atoms with Crippen LogP contribution in [0.15, 0.2) is 0 Å². The third kappa shape index (κ3) is 4.00. The average molecular weight is 285 g/mol. The van der Waals surface area contributed by atoms with Gasteiger partial charge >= 0.3 is 5.97 Å². The van der Waals surface area contributed by atoms with Gasteiger partial charge in [0.15, 0.2) is 0 Å². The van der Waals surface area contributed by atoms with Gasteiger partial charge in [-0.3, -0.25) is 4.79 Å². The second-order valence-corrected chi connectivity index (χ2v) is 5.54. The van der Waals surface area contributed by atoms with Gasteiger partial charge in [0.2, 0.25) is 5.91 Å². The minimum Gasteiger partial charge on any atom is -0.477 e. The fourth-order valence-corrected chi connectivity index (χ4v) is 2.36. The number of aromatic carboxylic acids is 1. The molecule has 0 aliphatic rings. The van der Waals surface area contributed by atoms with E-state index >= 15 is 0 Å². The Morgan fingerprint density at radius 3 is 2.63 bits per heavy atom. The van der Waals surface area contributed by atoms with Crippen molar-refractivity contribution in [2.45, 2.75) is 39.8 Å². The number of rotatable bonds is 6. The molecule has 106 valence electrons. The molecule has 0 unspecified atom stereocenters.